The molecule has 92 valence electrons. The van der Waals surface area contributed by atoms with Crippen molar-refractivity contribution in [2.24, 2.45) is 4.99 Å². The molecule has 0 fully saturated rings. The first-order valence-electron chi connectivity index (χ1n) is 5.51. The summed E-state index contributed by atoms with van der Waals surface area (Å²) in [7, 11) is 1.35. The minimum Gasteiger partial charge on any atom is -0.475 e. The number of aliphatic imine (C=N–C) groups is 1. The van der Waals surface area contributed by atoms with Crippen LogP contribution in [0.25, 0.3) is 0 Å². The van der Waals surface area contributed by atoms with E-state index in [0.29, 0.717) is 18.1 Å². The van der Waals surface area contributed by atoms with Crippen LogP contribution in [0.4, 0.5) is 0 Å². The van der Waals surface area contributed by atoms with Gasteiger partial charge in [0.2, 0.25) is 5.90 Å². The van der Waals surface area contributed by atoms with Crippen LogP contribution >= 0.6 is 0 Å². The third kappa shape index (κ3) is 2.66. The van der Waals surface area contributed by atoms with Crippen molar-refractivity contribution >= 4 is 11.9 Å². The van der Waals surface area contributed by atoms with Gasteiger partial charge in [0.05, 0.1) is 31.2 Å². The molecule has 5 nitrogen and oxygen atoms in total. The number of carbonyl (C=O) groups excluding carboxylic acids is 1. The lowest BCUT2D eigenvalue weighted by Gasteiger charge is -2.01. The number of carbonyl (C=O) groups is 1. The van der Waals surface area contributed by atoms with Crippen molar-refractivity contribution in [3.63, 3.8) is 0 Å². The molecule has 0 bridgehead atoms. The van der Waals surface area contributed by atoms with Gasteiger partial charge in [0.25, 0.3) is 0 Å². The molecule has 18 heavy (non-hydrogen) atoms. The highest BCUT2D eigenvalue weighted by molar-refractivity contribution is 5.95. The highest BCUT2D eigenvalue weighted by atomic mass is 16.5. The molecule has 0 radical (unpaired) electrons. The summed E-state index contributed by atoms with van der Waals surface area (Å²) in [5.41, 5.74) is 1.39. The van der Waals surface area contributed by atoms with Gasteiger partial charge in [-0.05, 0) is 24.3 Å². The summed E-state index contributed by atoms with van der Waals surface area (Å²) in [6.45, 7) is 0.379. The number of ether oxygens (including phenoxy) is 2. The Labute approximate surface area is 105 Å². The Hall–Kier alpha value is -2.35. The van der Waals surface area contributed by atoms with Gasteiger partial charge in [0.1, 0.15) is 6.61 Å². The molecule has 1 aromatic carbocycles. The van der Waals surface area contributed by atoms with Gasteiger partial charge in [-0.2, -0.15) is 5.26 Å². The monoisotopic (exact) mass is 244 g/mol. The van der Waals surface area contributed by atoms with Gasteiger partial charge >= 0.3 is 5.97 Å². The van der Waals surface area contributed by atoms with Crippen molar-refractivity contribution in [2.75, 3.05) is 13.7 Å². The number of hydrogen-bond acceptors (Lipinski definition) is 5. The van der Waals surface area contributed by atoms with Gasteiger partial charge in [-0.3, -0.25) is 4.79 Å². The van der Waals surface area contributed by atoms with Gasteiger partial charge in [-0.15, -0.1) is 0 Å². The molecule has 0 aromatic heterocycles. The number of nitrogens with zero attached hydrogens (tertiary/aromatic N) is 2. The van der Waals surface area contributed by atoms with Crippen molar-refractivity contribution in [3.05, 3.63) is 35.4 Å². The minimum absolute atomic E-state index is 0.192. The van der Waals surface area contributed by atoms with E-state index in [0.717, 1.165) is 5.56 Å². The highest BCUT2D eigenvalue weighted by Gasteiger charge is 2.22. The Morgan fingerprint density at radius 2 is 2.28 bits per heavy atom. The summed E-state index contributed by atoms with van der Waals surface area (Å²) in [6.07, 6.45) is 0.219. The first kappa shape index (κ1) is 12.1. The first-order valence-corrected chi connectivity index (χ1v) is 5.51. The molecule has 2 rings (SSSR count). The van der Waals surface area contributed by atoms with E-state index in [1.165, 1.54) is 7.11 Å². The lowest BCUT2D eigenvalue weighted by Crippen LogP contribution is -2.13. The summed E-state index contributed by atoms with van der Waals surface area (Å²) in [5, 5.41) is 8.70. The normalized spacial score (nSPS) is 17.6. The molecule has 1 aromatic rings. The van der Waals surface area contributed by atoms with Crippen LogP contribution in [-0.2, 0) is 14.3 Å². The van der Waals surface area contributed by atoms with Crippen LogP contribution in [0.3, 0.4) is 0 Å². The van der Waals surface area contributed by atoms with E-state index < -0.39 is 0 Å². The maximum absolute atomic E-state index is 11.1. The molecular formula is C13H12N2O3. The lowest BCUT2D eigenvalue weighted by atomic mass is 10.1. The Kier molecular flexibility index (Phi) is 3.58. The summed E-state index contributed by atoms with van der Waals surface area (Å²) in [4.78, 5) is 15.4. The largest absolute Gasteiger partial charge is 0.475 e. The van der Waals surface area contributed by atoms with Crippen LogP contribution in [0.2, 0.25) is 0 Å². The van der Waals surface area contributed by atoms with E-state index in [4.69, 9.17) is 10.00 Å². The first-order chi connectivity index (χ1) is 8.72. The summed E-state index contributed by atoms with van der Waals surface area (Å²) in [5.74, 6) is 0.210. The van der Waals surface area contributed by atoms with Crippen molar-refractivity contribution in [1.82, 2.24) is 0 Å². The number of rotatable bonds is 3. The SMILES string of the molecule is COC(=O)C[C@H]1COC(c2ccc(C#N)cc2)=N1. The summed E-state index contributed by atoms with van der Waals surface area (Å²) in [6, 6.07) is 8.81. The maximum Gasteiger partial charge on any atom is 0.307 e. The van der Waals surface area contributed by atoms with Gasteiger partial charge in [0.15, 0.2) is 0 Å². The van der Waals surface area contributed by atoms with E-state index in [2.05, 4.69) is 9.73 Å². The summed E-state index contributed by atoms with van der Waals surface area (Å²) >= 11 is 0. The third-order valence-electron chi connectivity index (χ3n) is 2.60. The van der Waals surface area contributed by atoms with Gasteiger partial charge in [-0.1, -0.05) is 0 Å². The second kappa shape index (κ2) is 5.32. The molecule has 5 heteroatoms. The molecule has 0 spiro atoms. The van der Waals surface area contributed by atoms with Gasteiger partial charge in [-0.25, -0.2) is 4.99 Å². The standard InChI is InChI=1S/C13H12N2O3/c1-17-12(16)6-11-8-18-13(15-11)10-4-2-9(7-14)3-5-10/h2-5,11H,6,8H2,1H3/t11-/m0/s1. The molecule has 1 aliphatic heterocycles. The predicted octanol–water partition coefficient (Wildman–Crippen LogP) is 1.27. The van der Waals surface area contributed by atoms with Crippen molar-refractivity contribution < 1.29 is 14.3 Å². The molecule has 0 aliphatic carbocycles. The lowest BCUT2D eigenvalue weighted by molar-refractivity contribution is -0.141. The molecule has 0 unspecified atom stereocenters. The van der Waals surface area contributed by atoms with E-state index >= 15 is 0 Å². The molecule has 0 N–H and O–H groups in total. The molecule has 1 atom stereocenters. The summed E-state index contributed by atoms with van der Waals surface area (Å²) < 4.78 is 10.0. The van der Waals surface area contributed by atoms with Crippen LogP contribution in [0.15, 0.2) is 29.3 Å². The Morgan fingerprint density at radius 3 is 2.89 bits per heavy atom. The molecule has 1 heterocycles. The van der Waals surface area contributed by atoms with Crippen LogP contribution < -0.4 is 0 Å². The molecule has 0 amide bonds. The van der Waals surface area contributed by atoms with Crippen LogP contribution in [0.1, 0.15) is 17.5 Å². The second-order valence-electron chi connectivity index (χ2n) is 3.87. The maximum atomic E-state index is 11.1. The van der Waals surface area contributed by atoms with E-state index in [1.54, 1.807) is 24.3 Å². The zero-order valence-corrected chi connectivity index (χ0v) is 9.92. The van der Waals surface area contributed by atoms with Gasteiger partial charge < -0.3 is 9.47 Å². The Balaban J connectivity index is 2.08. The highest BCUT2D eigenvalue weighted by Crippen LogP contribution is 2.15. The average Bonchev–Trinajstić information content (AvgIpc) is 2.87. The van der Waals surface area contributed by atoms with Crippen molar-refractivity contribution in [1.29, 1.82) is 5.26 Å². The fraction of sp³-hybridized carbons (Fsp3) is 0.308. The second-order valence-corrected chi connectivity index (χ2v) is 3.87. The van der Waals surface area contributed by atoms with Crippen LogP contribution in [0.5, 0.6) is 0 Å². The van der Waals surface area contributed by atoms with E-state index in [9.17, 15) is 4.79 Å². The fourth-order valence-corrected chi connectivity index (χ4v) is 1.64. The average molecular weight is 244 g/mol. The predicted molar refractivity (Wildman–Crippen MR) is 64.1 cm³/mol. The quantitative estimate of drug-likeness (QED) is 0.750. The number of methoxy groups -OCH3 is 1. The van der Waals surface area contributed by atoms with Gasteiger partial charge in [0, 0.05) is 5.56 Å². The smallest absolute Gasteiger partial charge is 0.307 e. The molecule has 1 aliphatic rings. The van der Waals surface area contributed by atoms with Crippen molar-refractivity contribution in [2.45, 2.75) is 12.5 Å². The fourth-order valence-electron chi connectivity index (χ4n) is 1.64. The topological polar surface area (TPSA) is 71.7 Å². The molecular weight excluding hydrogens is 232 g/mol. The van der Waals surface area contributed by atoms with Crippen molar-refractivity contribution in [3.8, 4) is 6.07 Å². The Morgan fingerprint density at radius 1 is 1.56 bits per heavy atom. The number of esters is 1. The zero-order chi connectivity index (χ0) is 13.0. The number of hydrogen-bond donors (Lipinski definition) is 0. The minimum atomic E-state index is -0.298. The molecule has 0 saturated heterocycles. The number of benzene rings is 1. The van der Waals surface area contributed by atoms with E-state index in [-0.39, 0.29) is 18.4 Å². The third-order valence-corrected chi connectivity index (χ3v) is 2.60. The van der Waals surface area contributed by atoms with E-state index in [1.807, 2.05) is 6.07 Å². The molecule has 0 saturated carbocycles. The zero-order valence-electron chi connectivity index (χ0n) is 9.92. The number of nitriles is 1. The van der Waals surface area contributed by atoms with Crippen LogP contribution in [0, 0.1) is 11.3 Å². The Bertz CT molecular complexity index is 514. The van der Waals surface area contributed by atoms with Crippen LogP contribution in [-0.4, -0.2) is 31.6 Å².